The zero-order valence-electron chi connectivity index (χ0n) is 9.13. The van der Waals surface area contributed by atoms with E-state index in [4.69, 9.17) is 5.73 Å². The molecule has 1 atom stereocenters. The smallest absolute Gasteiger partial charge is 0.00676 e. The molecular weight excluding hydrogens is 160 g/mol. The minimum Gasteiger partial charge on any atom is -0.327 e. The van der Waals surface area contributed by atoms with Crippen molar-refractivity contribution in [3.05, 3.63) is 0 Å². The van der Waals surface area contributed by atoms with Crippen LogP contribution in [0.5, 0.6) is 0 Å². The van der Waals surface area contributed by atoms with Gasteiger partial charge in [-0.15, -0.1) is 0 Å². The van der Waals surface area contributed by atoms with Crippen molar-refractivity contribution in [3.8, 4) is 0 Å². The van der Waals surface area contributed by atoms with E-state index < -0.39 is 0 Å². The Hall–Kier alpha value is -0.0800. The molecule has 0 bridgehead atoms. The lowest BCUT2D eigenvalue weighted by Crippen LogP contribution is -2.27. The van der Waals surface area contributed by atoms with Gasteiger partial charge in [-0.25, -0.2) is 0 Å². The topological polar surface area (TPSA) is 29.3 Å². The SMILES string of the molecule is CCN(CC)CCCC(N)C1CC1. The van der Waals surface area contributed by atoms with Crippen molar-refractivity contribution in [3.63, 3.8) is 0 Å². The normalized spacial score (nSPS) is 19.4. The molecule has 1 unspecified atom stereocenters. The van der Waals surface area contributed by atoms with Gasteiger partial charge in [0.15, 0.2) is 0 Å². The molecule has 1 aliphatic carbocycles. The van der Waals surface area contributed by atoms with Crippen LogP contribution in [0.1, 0.15) is 39.5 Å². The lowest BCUT2D eigenvalue weighted by molar-refractivity contribution is 0.291. The van der Waals surface area contributed by atoms with Gasteiger partial charge in [-0.05, 0) is 51.2 Å². The molecule has 1 fully saturated rings. The first-order chi connectivity index (χ1) is 6.27. The van der Waals surface area contributed by atoms with Crippen LogP contribution in [0.3, 0.4) is 0 Å². The average Bonchev–Trinajstić information content (AvgIpc) is 2.95. The summed E-state index contributed by atoms with van der Waals surface area (Å²) in [6.07, 6.45) is 5.26. The maximum absolute atomic E-state index is 6.03. The molecule has 0 saturated heterocycles. The first-order valence-electron chi connectivity index (χ1n) is 5.75. The van der Waals surface area contributed by atoms with Gasteiger partial charge in [0.25, 0.3) is 0 Å². The highest BCUT2D eigenvalue weighted by atomic mass is 15.1. The molecule has 0 aromatic carbocycles. The Bertz CT molecular complexity index is 126. The Kier molecular flexibility index (Phi) is 4.74. The van der Waals surface area contributed by atoms with Crippen molar-refractivity contribution in [1.29, 1.82) is 0 Å². The number of nitrogens with two attached hydrogens (primary N) is 1. The van der Waals surface area contributed by atoms with Crippen molar-refractivity contribution in [1.82, 2.24) is 4.90 Å². The maximum Gasteiger partial charge on any atom is 0.00676 e. The quantitative estimate of drug-likeness (QED) is 0.654. The Morgan fingerprint density at radius 2 is 1.92 bits per heavy atom. The predicted molar refractivity (Wildman–Crippen MR) is 57.7 cm³/mol. The molecular formula is C11H24N2. The highest BCUT2D eigenvalue weighted by Gasteiger charge is 2.27. The van der Waals surface area contributed by atoms with Crippen molar-refractivity contribution >= 4 is 0 Å². The van der Waals surface area contributed by atoms with Gasteiger partial charge in [0.05, 0.1) is 0 Å². The number of nitrogens with zero attached hydrogens (tertiary/aromatic N) is 1. The molecule has 0 spiro atoms. The monoisotopic (exact) mass is 184 g/mol. The molecule has 0 heterocycles. The van der Waals surface area contributed by atoms with Crippen LogP contribution in [-0.4, -0.2) is 30.6 Å². The minimum absolute atomic E-state index is 0.496. The first kappa shape index (κ1) is 11.0. The van der Waals surface area contributed by atoms with E-state index in [1.165, 1.54) is 45.3 Å². The summed E-state index contributed by atoms with van der Waals surface area (Å²) in [5.74, 6) is 0.872. The van der Waals surface area contributed by atoms with Gasteiger partial charge >= 0.3 is 0 Å². The molecule has 1 aliphatic rings. The summed E-state index contributed by atoms with van der Waals surface area (Å²) in [5.41, 5.74) is 6.03. The van der Waals surface area contributed by atoms with E-state index in [-0.39, 0.29) is 0 Å². The Morgan fingerprint density at radius 1 is 1.31 bits per heavy atom. The third-order valence-electron chi connectivity index (χ3n) is 3.13. The fourth-order valence-electron chi connectivity index (χ4n) is 1.85. The summed E-state index contributed by atoms with van der Waals surface area (Å²) in [5, 5.41) is 0. The summed E-state index contributed by atoms with van der Waals surface area (Å²) in [6.45, 7) is 8.03. The zero-order chi connectivity index (χ0) is 9.68. The van der Waals surface area contributed by atoms with E-state index in [0.717, 1.165) is 5.92 Å². The van der Waals surface area contributed by atoms with Crippen LogP contribution in [0.4, 0.5) is 0 Å². The minimum atomic E-state index is 0.496. The molecule has 2 nitrogen and oxygen atoms in total. The lowest BCUT2D eigenvalue weighted by Gasteiger charge is -2.18. The third kappa shape index (κ3) is 4.10. The van der Waals surface area contributed by atoms with Gasteiger partial charge < -0.3 is 10.6 Å². The van der Waals surface area contributed by atoms with E-state index in [9.17, 15) is 0 Å². The van der Waals surface area contributed by atoms with Crippen molar-refractivity contribution in [2.75, 3.05) is 19.6 Å². The van der Waals surface area contributed by atoms with Gasteiger partial charge in [0, 0.05) is 6.04 Å². The lowest BCUT2D eigenvalue weighted by atomic mass is 10.1. The number of hydrogen-bond acceptors (Lipinski definition) is 2. The van der Waals surface area contributed by atoms with Crippen LogP contribution in [0.2, 0.25) is 0 Å². The van der Waals surface area contributed by atoms with E-state index in [1.54, 1.807) is 0 Å². The second-order valence-electron chi connectivity index (χ2n) is 4.17. The Morgan fingerprint density at radius 3 is 2.38 bits per heavy atom. The van der Waals surface area contributed by atoms with Crippen LogP contribution in [0.15, 0.2) is 0 Å². The van der Waals surface area contributed by atoms with Gasteiger partial charge in [0.1, 0.15) is 0 Å². The molecule has 0 radical (unpaired) electrons. The highest BCUT2D eigenvalue weighted by molar-refractivity contribution is 4.83. The molecule has 0 aliphatic heterocycles. The van der Waals surface area contributed by atoms with Crippen molar-refractivity contribution in [2.24, 2.45) is 11.7 Å². The second-order valence-corrected chi connectivity index (χ2v) is 4.17. The van der Waals surface area contributed by atoms with Crippen LogP contribution >= 0.6 is 0 Å². The molecule has 78 valence electrons. The number of rotatable bonds is 7. The molecule has 1 rings (SSSR count). The van der Waals surface area contributed by atoms with E-state index in [1.807, 2.05) is 0 Å². The largest absolute Gasteiger partial charge is 0.327 e. The summed E-state index contributed by atoms with van der Waals surface area (Å²) in [7, 11) is 0. The van der Waals surface area contributed by atoms with Crippen molar-refractivity contribution in [2.45, 2.75) is 45.6 Å². The van der Waals surface area contributed by atoms with Gasteiger partial charge in [-0.3, -0.25) is 0 Å². The van der Waals surface area contributed by atoms with E-state index >= 15 is 0 Å². The molecule has 0 aromatic rings. The zero-order valence-corrected chi connectivity index (χ0v) is 9.13. The highest BCUT2D eigenvalue weighted by Crippen LogP contribution is 2.33. The molecule has 0 amide bonds. The maximum atomic E-state index is 6.03. The molecule has 1 saturated carbocycles. The van der Waals surface area contributed by atoms with Crippen LogP contribution in [-0.2, 0) is 0 Å². The summed E-state index contributed by atoms with van der Waals surface area (Å²) >= 11 is 0. The second kappa shape index (κ2) is 5.61. The van der Waals surface area contributed by atoms with Gasteiger partial charge in [-0.2, -0.15) is 0 Å². The summed E-state index contributed by atoms with van der Waals surface area (Å²) < 4.78 is 0. The van der Waals surface area contributed by atoms with Crippen LogP contribution in [0, 0.1) is 5.92 Å². The fourth-order valence-corrected chi connectivity index (χ4v) is 1.85. The predicted octanol–water partition coefficient (Wildman–Crippen LogP) is 1.85. The standard InChI is InChI=1S/C11H24N2/c1-3-13(4-2)9-5-6-11(12)10-7-8-10/h10-11H,3-9,12H2,1-2H3. The van der Waals surface area contributed by atoms with Crippen molar-refractivity contribution < 1.29 is 0 Å². The molecule has 2 heteroatoms. The van der Waals surface area contributed by atoms with E-state index in [0.29, 0.717) is 6.04 Å². The van der Waals surface area contributed by atoms with E-state index in [2.05, 4.69) is 18.7 Å². The molecule has 13 heavy (non-hydrogen) atoms. The third-order valence-corrected chi connectivity index (χ3v) is 3.13. The Labute approximate surface area is 82.5 Å². The number of hydrogen-bond donors (Lipinski definition) is 1. The molecule has 2 N–H and O–H groups in total. The van der Waals surface area contributed by atoms with Gasteiger partial charge in [-0.1, -0.05) is 13.8 Å². The Balaban J connectivity index is 1.98. The first-order valence-corrected chi connectivity index (χ1v) is 5.75. The fraction of sp³-hybridized carbons (Fsp3) is 1.00. The van der Waals surface area contributed by atoms with Crippen LogP contribution in [0.25, 0.3) is 0 Å². The van der Waals surface area contributed by atoms with Gasteiger partial charge in [0.2, 0.25) is 0 Å². The average molecular weight is 184 g/mol. The molecule has 0 aromatic heterocycles. The summed E-state index contributed by atoms with van der Waals surface area (Å²) in [6, 6.07) is 0.496. The summed E-state index contributed by atoms with van der Waals surface area (Å²) in [4.78, 5) is 2.47. The van der Waals surface area contributed by atoms with Crippen LogP contribution < -0.4 is 5.73 Å².